The van der Waals surface area contributed by atoms with Gasteiger partial charge in [-0.3, -0.25) is 4.57 Å². The number of methoxy groups -OCH3 is 1. The SMILES string of the molecule is COc1ccc(-c2nnc(Sc3ccc(C#N)nn3)n2C2CCCCC2)cc1. The molecule has 0 unspecified atom stereocenters. The third-order valence-electron chi connectivity index (χ3n) is 4.90. The van der Waals surface area contributed by atoms with Crippen molar-refractivity contribution in [3.8, 4) is 23.2 Å². The van der Waals surface area contributed by atoms with Crippen molar-refractivity contribution in [2.24, 2.45) is 0 Å². The summed E-state index contributed by atoms with van der Waals surface area (Å²) in [4.78, 5) is 0. The molecule has 7 nitrogen and oxygen atoms in total. The molecule has 2 heterocycles. The molecule has 0 bridgehead atoms. The van der Waals surface area contributed by atoms with Gasteiger partial charge in [-0.1, -0.05) is 19.3 Å². The highest BCUT2D eigenvalue weighted by Gasteiger charge is 2.24. The van der Waals surface area contributed by atoms with Crippen LogP contribution in [0.2, 0.25) is 0 Å². The average Bonchev–Trinajstić information content (AvgIpc) is 3.18. The first-order valence-electron chi connectivity index (χ1n) is 9.29. The Morgan fingerprint density at radius 1 is 1.00 bits per heavy atom. The molecule has 1 aliphatic carbocycles. The van der Waals surface area contributed by atoms with Gasteiger partial charge < -0.3 is 4.74 Å². The molecule has 0 N–H and O–H groups in total. The summed E-state index contributed by atoms with van der Waals surface area (Å²) in [5, 5.41) is 27.4. The van der Waals surface area contributed by atoms with Crippen LogP contribution in [0.25, 0.3) is 11.4 Å². The van der Waals surface area contributed by atoms with Crippen molar-refractivity contribution in [1.82, 2.24) is 25.0 Å². The zero-order chi connectivity index (χ0) is 19.3. The lowest BCUT2D eigenvalue weighted by atomic mass is 9.95. The van der Waals surface area contributed by atoms with Crippen LogP contribution in [0, 0.1) is 11.3 Å². The van der Waals surface area contributed by atoms with Crippen LogP contribution in [0.15, 0.2) is 46.6 Å². The normalized spacial score (nSPS) is 14.6. The molecule has 1 saturated carbocycles. The van der Waals surface area contributed by atoms with Crippen LogP contribution in [0.3, 0.4) is 0 Å². The Morgan fingerprint density at radius 3 is 2.43 bits per heavy atom. The van der Waals surface area contributed by atoms with E-state index in [0.29, 0.717) is 16.8 Å². The molecule has 3 aromatic rings. The number of nitrogens with zero attached hydrogens (tertiary/aromatic N) is 6. The minimum Gasteiger partial charge on any atom is -0.497 e. The zero-order valence-corrected chi connectivity index (χ0v) is 16.4. The number of ether oxygens (including phenoxy) is 1. The van der Waals surface area contributed by atoms with Gasteiger partial charge in [-0.25, -0.2) is 0 Å². The van der Waals surface area contributed by atoms with E-state index in [2.05, 4.69) is 25.0 Å². The third-order valence-corrected chi connectivity index (χ3v) is 5.79. The highest BCUT2D eigenvalue weighted by molar-refractivity contribution is 7.99. The maximum atomic E-state index is 8.90. The summed E-state index contributed by atoms with van der Waals surface area (Å²) in [6.45, 7) is 0. The van der Waals surface area contributed by atoms with Crippen molar-refractivity contribution < 1.29 is 4.74 Å². The lowest BCUT2D eigenvalue weighted by molar-refractivity contribution is 0.339. The predicted octanol–water partition coefficient (Wildman–Crippen LogP) is 4.27. The minimum absolute atomic E-state index is 0.303. The molecular weight excluding hydrogens is 372 g/mol. The van der Waals surface area contributed by atoms with Crippen LogP contribution in [0.1, 0.15) is 43.8 Å². The largest absolute Gasteiger partial charge is 0.497 e. The number of hydrogen-bond donors (Lipinski definition) is 0. The van der Waals surface area contributed by atoms with E-state index < -0.39 is 0 Å². The summed E-state index contributed by atoms with van der Waals surface area (Å²) >= 11 is 1.43. The smallest absolute Gasteiger partial charge is 0.198 e. The van der Waals surface area contributed by atoms with E-state index in [1.165, 1.54) is 31.0 Å². The standard InChI is InChI=1S/C20H20N6OS/c1-27-17-10-7-14(8-11-17)19-24-25-20(26(19)16-5-3-2-4-6-16)28-18-12-9-15(13-21)22-23-18/h7-12,16H,2-6H2,1H3. The van der Waals surface area contributed by atoms with E-state index >= 15 is 0 Å². The summed E-state index contributed by atoms with van der Waals surface area (Å²) in [6, 6.07) is 13.7. The molecular formula is C20H20N6OS. The van der Waals surface area contributed by atoms with Crippen LogP contribution in [-0.2, 0) is 0 Å². The van der Waals surface area contributed by atoms with Crippen LogP contribution >= 0.6 is 11.8 Å². The van der Waals surface area contributed by atoms with Gasteiger partial charge in [0.15, 0.2) is 16.7 Å². The molecule has 0 amide bonds. The minimum atomic E-state index is 0.303. The van der Waals surface area contributed by atoms with Gasteiger partial charge in [-0.05, 0) is 61.0 Å². The summed E-state index contributed by atoms with van der Waals surface area (Å²) in [5.41, 5.74) is 1.31. The Morgan fingerprint density at radius 2 is 1.79 bits per heavy atom. The molecule has 28 heavy (non-hydrogen) atoms. The summed E-state index contributed by atoms with van der Waals surface area (Å²) < 4.78 is 7.51. The molecule has 0 aliphatic heterocycles. The van der Waals surface area contributed by atoms with Gasteiger partial charge in [0.1, 0.15) is 16.8 Å². The average molecular weight is 392 g/mol. The maximum Gasteiger partial charge on any atom is 0.198 e. The van der Waals surface area contributed by atoms with Gasteiger partial charge in [0.05, 0.1) is 7.11 Å². The molecule has 142 valence electrons. The van der Waals surface area contributed by atoms with E-state index in [1.807, 2.05) is 30.3 Å². The fourth-order valence-electron chi connectivity index (χ4n) is 3.48. The van der Waals surface area contributed by atoms with E-state index in [1.54, 1.807) is 19.2 Å². The van der Waals surface area contributed by atoms with Crippen LogP contribution < -0.4 is 4.74 Å². The van der Waals surface area contributed by atoms with E-state index in [-0.39, 0.29) is 0 Å². The molecule has 0 radical (unpaired) electrons. The lowest BCUT2D eigenvalue weighted by Gasteiger charge is -2.25. The van der Waals surface area contributed by atoms with Gasteiger partial charge in [0.2, 0.25) is 0 Å². The fraction of sp³-hybridized carbons (Fsp3) is 0.350. The lowest BCUT2D eigenvalue weighted by Crippen LogP contribution is -2.15. The van der Waals surface area contributed by atoms with Gasteiger partial charge in [-0.15, -0.1) is 20.4 Å². The van der Waals surface area contributed by atoms with Crippen molar-refractivity contribution in [3.05, 3.63) is 42.1 Å². The summed E-state index contributed by atoms with van der Waals surface area (Å²) in [6.07, 6.45) is 5.94. The first-order valence-corrected chi connectivity index (χ1v) is 10.1. The number of hydrogen-bond acceptors (Lipinski definition) is 7. The zero-order valence-electron chi connectivity index (χ0n) is 15.6. The Bertz CT molecular complexity index is 971. The first kappa shape index (κ1) is 18.4. The molecule has 4 rings (SSSR count). The van der Waals surface area contributed by atoms with Gasteiger partial charge >= 0.3 is 0 Å². The first-order chi connectivity index (χ1) is 13.8. The molecule has 8 heteroatoms. The Kier molecular flexibility index (Phi) is 5.53. The Hall–Kier alpha value is -2.92. The van der Waals surface area contributed by atoms with E-state index in [4.69, 9.17) is 10.00 Å². The van der Waals surface area contributed by atoms with Crippen molar-refractivity contribution in [1.29, 1.82) is 5.26 Å². The van der Waals surface area contributed by atoms with E-state index in [9.17, 15) is 0 Å². The molecule has 0 saturated heterocycles. The number of benzene rings is 1. The number of nitriles is 1. The molecule has 0 atom stereocenters. The molecule has 1 fully saturated rings. The topological polar surface area (TPSA) is 89.5 Å². The highest BCUT2D eigenvalue weighted by atomic mass is 32.2. The van der Waals surface area contributed by atoms with Crippen LogP contribution in [0.5, 0.6) is 5.75 Å². The monoisotopic (exact) mass is 392 g/mol. The Balaban J connectivity index is 1.70. The van der Waals surface area contributed by atoms with Crippen LogP contribution in [0.4, 0.5) is 0 Å². The summed E-state index contributed by atoms with van der Waals surface area (Å²) in [5.74, 6) is 1.67. The third kappa shape index (κ3) is 3.85. The second-order valence-electron chi connectivity index (χ2n) is 6.67. The predicted molar refractivity (Wildman–Crippen MR) is 105 cm³/mol. The molecule has 1 aromatic carbocycles. The number of aromatic nitrogens is 5. The van der Waals surface area contributed by atoms with Gasteiger partial charge in [0, 0.05) is 11.6 Å². The Labute approximate surface area is 167 Å². The van der Waals surface area contributed by atoms with Gasteiger partial charge in [0.25, 0.3) is 0 Å². The van der Waals surface area contributed by atoms with E-state index in [0.717, 1.165) is 35.1 Å². The summed E-state index contributed by atoms with van der Waals surface area (Å²) in [7, 11) is 1.66. The maximum absolute atomic E-state index is 8.90. The molecule has 2 aromatic heterocycles. The molecule has 1 aliphatic rings. The van der Waals surface area contributed by atoms with Crippen molar-refractivity contribution >= 4 is 11.8 Å². The quantitative estimate of drug-likeness (QED) is 0.640. The van der Waals surface area contributed by atoms with Crippen LogP contribution in [-0.4, -0.2) is 32.1 Å². The van der Waals surface area contributed by atoms with Crippen molar-refractivity contribution in [2.45, 2.75) is 48.3 Å². The van der Waals surface area contributed by atoms with Gasteiger partial charge in [-0.2, -0.15) is 5.26 Å². The highest BCUT2D eigenvalue weighted by Crippen LogP contribution is 2.37. The number of rotatable bonds is 5. The fourth-order valence-corrected chi connectivity index (χ4v) is 4.30. The second kappa shape index (κ2) is 8.40. The second-order valence-corrected chi connectivity index (χ2v) is 7.65. The molecule has 0 spiro atoms. The van der Waals surface area contributed by atoms with Crippen molar-refractivity contribution in [2.75, 3.05) is 7.11 Å². The van der Waals surface area contributed by atoms with Crippen molar-refractivity contribution in [3.63, 3.8) is 0 Å².